The van der Waals surface area contributed by atoms with E-state index in [9.17, 15) is 19.2 Å². The van der Waals surface area contributed by atoms with Gasteiger partial charge in [-0.2, -0.15) is 0 Å². The van der Waals surface area contributed by atoms with E-state index in [1.807, 2.05) is 0 Å². The Kier molecular flexibility index (Phi) is 6.82. The van der Waals surface area contributed by atoms with E-state index in [-0.39, 0.29) is 12.3 Å². The van der Waals surface area contributed by atoms with Gasteiger partial charge in [-0.1, -0.05) is 18.2 Å². The van der Waals surface area contributed by atoms with Crippen molar-refractivity contribution >= 4 is 29.3 Å². The smallest absolute Gasteiger partial charge is 0.326 e. The summed E-state index contributed by atoms with van der Waals surface area (Å²) in [7, 11) is 0. The van der Waals surface area contributed by atoms with Crippen molar-refractivity contribution in [2.75, 3.05) is 11.9 Å². The van der Waals surface area contributed by atoms with Crippen molar-refractivity contribution in [1.29, 1.82) is 0 Å². The van der Waals surface area contributed by atoms with Crippen molar-refractivity contribution in [2.45, 2.75) is 20.0 Å². The molecule has 0 aliphatic heterocycles. The van der Waals surface area contributed by atoms with Crippen LogP contribution in [0.5, 0.6) is 0 Å². The molecule has 1 atom stereocenters. The standard InChI is InChI=1S/C20H20N2O5/c1-13(23)15-8-10-17(11-9-15)22-19(25)14(2)27-18(24)12-21-20(26)16-6-4-3-5-7-16/h3-11,14H,12H2,1-2H3,(H,21,26)(H,22,25)/t14-/m1/s1. The molecule has 0 saturated heterocycles. The summed E-state index contributed by atoms with van der Waals surface area (Å²) in [5, 5.41) is 5.02. The topological polar surface area (TPSA) is 102 Å². The number of hydrogen-bond donors (Lipinski definition) is 2. The lowest BCUT2D eigenvalue weighted by molar-refractivity contribution is -0.152. The molecule has 2 aromatic carbocycles. The number of hydrogen-bond acceptors (Lipinski definition) is 5. The average molecular weight is 368 g/mol. The second kappa shape index (κ2) is 9.28. The van der Waals surface area contributed by atoms with Crippen LogP contribution in [0, 0.1) is 0 Å². The van der Waals surface area contributed by atoms with E-state index >= 15 is 0 Å². The van der Waals surface area contributed by atoms with Crippen LogP contribution in [0.2, 0.25) is 0 Å². The van der Waals surface area contributed by atoms with Crippen LogP contribution >= 0.6 is 0 Å². The minimum atomic E-state index is -1.04. The summed E-state index contributed by atoms with van der Waals surface area (Å²) >= 11 is 0. The average Bonchev–Trinajstić information content (AvgIpc) is 2.67. The second-order valence-corrected chi connectivity index (χ2v) is 5.80. The number of ketones is 1. The summed E-state index contributed by atoms with van der Waals surface area (Å²) in [6.07, 6.45) is -1.04. The first-order valence-corrected chi connectivity index (χ1v) is 8.31. The van der Waals surface area contributed by atoms with E-state index < -0.39 is 23.9 Å². The highest BCUT2D eigenvalue weighted by Crippen LogP contribution is 2.11. The van der Waals surface area contributed by atoms with E-state index in [4.69, 9.17) is 4.74 Å². The van der Waals surface area contributed by atoms with Crippen molar-refractivity contribution < 1.29 is 23.9 Å². The highest BCUT2D eigenvalue weighted by atomic mass is 16.5. The zero-order chi connectivity index (χ0) is 19.8. The van der Waals surface area contributed by atoms with Crippen LogP contribution in [0.1, 0.15) is 34.6 Å². The van der Waals surface area contributed by atoms with Crippen molar-refractivity contribution in [3.63, 3.8) is 0 Å². The lowest BCUT2D eigenvalue weighted by Crippen LogP contribution is -2.35. The fourth-order valence-electron chi connectivity index (χ4n) is 2.17. The fourth-order valence-corrected chi connectivity index (χ4v) is 2.17. The highest BCUT2D eigenvalue weighted by Gasteiger charge is 2.18. The van der Waals surface area contributed by atoms with Crippen molar-refractivity contribution in [3.05, 3.63) is 65.7 Å². The summed E-state index contributed by atoms with van der Waals surface area (Å²) in [5.74, 6) is -1.73. The van der Waals surface area contributed by atoms with Crippen LogP contribution in [-0.2, 0) is 14.3 Å². The number of nitrogens with one attached hydrogen (secondary N) is 2. The molecular formula is C20H20N2O5. The van der Waals surface area contributed by atoms with Gasteiger partial charge in [0.2, 0.25) is 0 Å². The number of carbonyl (C=O) groups excluding carboxylic acids is 4. The van der Waals surface area contributed by atoms with Crippen LogP contribution in [0.25, 0.3) is 0 Å². The Morgan fingerprint density at radius 3 is 2.15 bits per heavy atom. The number of ether oxygens (including phenoxy) is 1. The summed E-state index contributed by atoms with van der Waals surface area (Å²) in [6, 6.07) is 14.8. The molecule has 0 fully saturated rings. The van der Waals surface area contributed by atoms with Gasteiger partial charge in [0.15, 0.2) is 11.9 Å². The Morgan fingerprint density at radius 1 is 0.926 bits per heavy atom. The van der Waals surface area contributed by atoms with Gasteiger partial charge in [0, 0.05) is 16.8 Å². The minimum Gasteiger partial charge on any atom is -0.451 e. The molecule has 0 bridgehead atoms. The normalized spacial score (nSPS) is 11.2. The zero-order valence-electron chi connectivity index (χ0n) is 15.0. The van der Waals surface area contributed by atoms with E-state index in [1.54, 1.807) is 54.6 Å². The van der Waals surface area contributed by atoms with Crippen LogP contribution < -0.4 is 10.6 Å². The lowest BCUT2D eigenvalue weighted by atomic mass is 10.1. The largest absolute Gasteiger partial charge is 0.451 e. The number of anilines is 1. The Labute approximate surface area is 156 Å². The van der Waals surface area contributed by atoms with Crippen LogP contribution in [0.4, 0.5) is 5.69 Å². The number of carbonyl (C=O) groups is 4. The van der Waals surface area contributed by atoms with Gasteiger partial charge in [-0.3, -0.25) is 19.2 Å². The van der Waals surface area contributed by atoms with Crippen LogP contribution in [0.15, 0.2) is 54.6 Å². The monoisotopic (exact) mass is 368 g/mol. The Balaban J connectivity index is 1.80. The van der Waals surface area contributed by atoms with Crippen LogP contribution in [0.3, 0.4) is 0 Å². The molecule has 0 unspecified atom stereocenters. The third-order valence-electron chi connectivity index (χ3n) is 3.67. The molecule has 140 valence electrons. The van der Waals surface area contributed by atoms with Gasteiger partial charge in [-0.15, -0.1) is 0 Å². The third kappa shape index (κ3) is 6.07. The maximum atomic E-state index is 12.1. The SMILES string of the molecule is CC(=O)c1ccc(NC(=O)[C@@H](C)OC(=O)CNC(=O)c2ccccc2)cc1. The molecule has 0 aromatic heterocycles. The van der Waals surface area contributed by atoms with Gasteiger partial charge in [-0.05, 0) is 50.2 Å². The minimum absolute atomic E-state index is 0.0762. The first-order chi connectivity index (χ1) is 12.9. The Morgan fingerprint density at radius 2 is 1.56 bits per heavy atom. The van der Waals surface area contributed by atoms with Crippen molar-refractivity contribution in [1.82, 2.24) is 5.32 Å². The molecule has 0 aliphatic carbocycles. The predicted octanol–water partition coefficient (Wildman–Crippen LogP) is 2.19. The van der Waals surface area contributed by atoms with Gasteiger partial charge >= 0.3 is 5.97 Å². The number of amides is 2. The third-order valence-corrected chi connectivity index (χ3v) is 3.67. The van der Waals surface area contributed by atoms with Crippen molar-refractivity contribution in [3.8, 4) is 0 Å². The number of esters is 1. The molecule has 2 N–H and O–H groups in total. The van der Waals surface area contributed by atoms with Gasteiger partial charge in [-0.25, -0.2) is 0 Å². The number of rotatable bonds is 7. The molecule has 2 amide bonds. The summed E-state index contributed by atoms with van der Waals surface area (Å²) in [6.45, 7) is 2.53. The summed E-state index contributed by atoms with van der Waals surface area (Å²) in [4.78, 5) is 47.0. The Bertz CT molecular complexity index is 831. The quantitative estimate of drug-likeness (QED) is 0.576. The predicted molar refractivity (Wildman–Crippen MR) is 99.4 cm³/mol. The maximum Gasteiger partial charge on any atom is 0.326 e. The number of benzene rings is 2. The van der Waals surface area contributed by atoms with Crippen LogP contribution in [-0.4, -0.2) is 36.2 Å². The lowest BCUT2D eigenvalue weighted by Gasteiger charge is -2.14. The summed E-state index contributed by atoms with van der Waals surface area (Å²) < 4.78 is 5.01. The molecule has 0 spiro atoms. The van der Waals surface area contributed by atoms with Gasteiger partial charge in [0.05, 0.1) is 0 Å². The van der Waals surface area contributed by atoms with E-state index in [2.05, 4.69) is 10.6 Å². The molecule has 0 aliphatic rings. The molecular weight excluding hydrogens is 348 g/mol. The maximum absolute atomic E-state index is 12.1. The van der Waals surface area contributed by atoms with Crippen molar-refractivity contribution in [2.24, 2.45) is 0 Å². The zero-order valence-corrected chi connectivity index (χ0v) is 15.0. The van der Waals surface area contributed by atoms with Gasteiger partial charge in [0.1, 0.15) is 6.54 Å². The second-order valence-electron chi connectivity index (χ2n) is 5.80. The Hall–Kier alpha value is -3.48. The molecule has 0 heterocycles. The molecule has 7 nitrogen and oxygen atoms in total. The van der Waals surface area contributed by atoms with E-state index in [0.29, 0.717) is 16.8 Å². The highest BCUT2D eigenvalue weighted by molar-refractivity contribution is 5.98. The van der Waals surface area contributed by atoms with Gasteiger partial charge in [0.25, 0.3) is 11.8 Å². The van der Waals surface area contributed by atoms with Gasteiger partial charge < -0.3 is 15.4 Å². The molecule has 2 aromatic rings. The molecule has 0 saturated carbocycles. The van der Waals surface area contributed by atoms with E-state index in [0.717, 1.165) is 0 Å². The fraction of sp³-hybridized carbons (Fsp3) is 0.200. The molecule has 7 heteroatoms. The molecule has 27 heavy (non-hydrogen) atoms. The molecule has 0 radical (unpaired) electrons. The van der Waals surface area contributed by atoms with E-state index in [1.165, 1.54) is 13.8 Å². The first kappa shape index (κ1) is 19.8. The number of Topliss-reactive ketones (excluding diaryl/α,β-unsaturated/α-hetero) is 1. The summed E-state index contributed by atoms with van der Waals surface area (Å²) in [5.41, 5.74) is 1.43. The molecule has 2 rings (SSSR count). The first-order valence-electron chi connectivity index (χ1n) is 8.31.